The minimum atomic E-state index is -5.26. The lowest BCUT2D eigenvalue weighted by Gasteiger charge is -2.28. The van der Waals surface area contributed by atoms with Crippen molar-refractivity contribution in [3.8, 4) is 0 Å². The summed E-state index contributed by atoms with van der Waals surface area (Å²) in [6, 6.07) is -1.04. The number of likely N-dealkylation sites (tertiary alicyclic amines) is 1. The molecule has 0 aromatic rings. The normalized spacial score (nSPS) is 22.3. The molecule has 3 atom stereocenters. The number of esters is 2. The van der Waals surface area contributed by atoms with Crippen molar-refractivity contribution in [3.63, 3.8) is 0 Å². The van der Waals surface area contributed by atoms with Crippen molar-refractivity contribution < 1.29 is 37.4 Å². The van der Waals surface area contributed by atoms with Gasteiger partial charge in [-0.05, 0) is 25.7 Å². The maximum atomic E-state index is 12.4. The number of allylic oxidation sites excluding steroid dienone is 1. The SMILES string of the molecule is CC=CC1CC(C(=O)OC(=O)C(F)(F)F)N(C[C@H](CC)C(=CO)NC(C)=O)C1. The number of aliphatic hydroxyl groups is 1. The average Bonchev–Trinajstić information content (AvgIpc) is 2.99. The van der Waals surface area contributed by atoms with Gasteiger partial charge in [0.2, 0.25) is 5.91 Å². The second-order valence-electron chi connectivity index (χ2n) is 6.57. The average molecular weight is 406 g/mol. The number of hydrogen-bond acceptors (Lipinski definition) is 6. The van der Waals surface area contributed by atoms with Crippen LogP contribution in [0.5, 0.6) is 0 Å². The van der Waals surface area contributed by atoms with Gasteiger partial charge < -0.3 is 15.2 Å². The highest BCUT2D eigenvalue weighted by molar-refractivity contribution is 5.91. The van der Waals surface area contributed by atoms with Gasteiger partial charge in [-0.2, -0.15) is 13.2 Å². The molecule has 2 unspecified atom stereocenters. The van der Waals surface area contributed by atoms with Crippen molar-refractivity contribution in [3.05, 3.63) is 24.1 Å². The summed E-state index contributed by atoms with van der Waals surface area (Å²) in [5, 5.41) is 11.9. The number of rotatable bonds is 7. The van der Waals surface area contributed by atoms with Crippen molar-refractivity contribution in [1.29, 1.82) is 0 Å². The molecule has 2 N–H and O–H groups in total. The molecule has 10 heteroatoms. The molecule has 1 heterocycles. The number of hydrogen-bond donors (Lipinski definition) is 2. The molecule has 1 fully saturated rings. The molecule has 1 rings (SSSR count). The monoisotopic (exact) mass is 406 g/mol. The van der Waals surface area contributed by atoms with Crippen LogP contribution in [0.15, 0.2) is 24.1 Å². The van der Waals surface area contributed by atoms with E-state index in [1.165, 1.54) is 6.92 Å². The molecule has 1 saturated heterocycles. The van der Waals surface area contributed by atoms with Gasteiger partial charge in [0.15, 0.2) is 0 Å². The molecule has 0 aliphatic carbocycles. The Labute approximate surface area is 161 Å². The molecule has 28 heavy (non-hydrogen) atoms. The van der Waals surface area contributed by atoms with Crippen LogP contribution < -0.4 is 5.32 Å². The first-order valence-corrected chi connectivity index (χ1v) is 8.84. The molecule has 0 saturated carbocycles. The van der Waals surface area contributed by atoms with Crippen LogP contribution in [-0.2, 0) is 19.1 Å². The molecule has 7 nitrogen and oxygen atoms in total. The van der Waals surface area contributed by atoms with Gasteiger partial charge in [0, 0.05) is 25.9 Å². The Hall–Kier alpha value is -2.36. The maximum absolute atomic E-state index is 12.4. The first-order chi connectivity index (χ1) is 13.0. The van der Waals surface area contributed by atoms with E-state index in [2.05, 4.69) is 10.1 Å². The summed E-state index contributed by atoms with van der Waals surface area (Å²) < 4.78 is 41.2. The number of aliphatic hydroxyl groups excluding tert-OH is 1. The zero-order valence-electron chi connectivity index (χ0n) is 16.0. The molecular formula is C18H25F3N2O5. The molecule has 158 valence electrons. The Bertz CT molecular complexity index is 646. The summed E-state index contributed by atoms with van der Waals surface area (Å²) in [5.41, 5.74) is 0.239. The van der Waals surface area contributed by atoms with Crippen LogP contribution in [0.25, 0.3) is 0 Å². The number of nitrogens with one attached hydrogen (secondary N) is 1. The molecule has 0 spiro atoms. The van der Waals surface area contributed by atoms with E-state index >= 15 is 0 Å². The van der Waals surface area contributed by atoms with E-state index in [9.17, 15) is 32.7 Å². The van der Waals surface area contributed by atoms with Gasteiger partial charge in [0.1, 0.15) is 6.04 Å². The Morgan fingerprint density at radius 3 is 2.46 bits per heavy atom. The van der Waals surface area contributed by atoms with Crippen molar-refractivity contribution in [2.24, 2.45) is 11.8 Å². The van der Waals surface area contributed by atoms with Crippen LogP contribution in [0.4, 0.5) is 13.2 Å². The number of nitrogens with zero attached hydrogens (tertiary/aromatic N) is 1. The molecular weight excluding hydrogens is 381 g/mol. The van der Waals surface area contributed by atoms with Crippen molar-refractivity contribution >= 4 is 17.8 Å². The van der Waals surface area contributed by atoms with E-state index in [0.29, 0.717) is 13.0 Å². The maximum Gasteiger partial charge on any atom is 0.491 e. The molecule has 0 radical (unpaired) electrons. The molecule has 0 aromatic heterocycles. The Morgan fingerprint density at radius 2 is 2.00 bits per heavy atom. The minimum absolute atomic E-state index is 0.108. The van der Waals surface area contributed by atoms with Gasteiger partial charge in [-0.25, -0.2) is 9.59 Å². The highest BCUT2D eigenvalue weighted by atomic mass is 19.4. The van der Waals surface area contributed by atoms with Crippen LogP contribution >= 0.6 is 0 Å². The number of amides is 1. The first kappa shape index (κ1) is 23.7. The third kappa shape index (κ3) is 6.66. The molecule has 1 amide bonds. The third-order valence-corrected chi connectivity index (χ3v) is 4.44. The Kier molecular flexibility index (Phi) is 8.67. The molecule has 0 bridgehead atoms. The van der Waals surface area contributed by atoms with E-state index in [-0.39, 0.29) is 30.5 Å². The van der Waals surface area contributed by atoms with E-state index in [0.717, 1.165) is 6.26 Å². The van der Waals surface area contributed by atoms with Crippen molar-refractivity contribution in [2.75, 3.05) is 13.1 Å². The molecule has 1 aliphatic heterocycles. The van der Waals surface area contributed by atoms with Gasteiger partial charge in [-0.3, -0.25) is 9.69 Å². The molecule has 0 aromatic carbocycles. The van der Waals surface area contributed by atoms with Gasteiger partial charge in [-0.1, -0.05) is 19.1 Å². The highest BCUT2D eigenvalue weighted by Crippen LogP contribution is 2.29. The zero-order chi connectivity index (χ0) is 21.5. The lowest BCUT2D eigenvalue weighted by molar-refractivity contribution is -0.203. The lowest BCUT2D eigenvalue weighted by Crippen LogP contribution is -2.43. The predicted molar refractivity (Wildman–Crippen MR) is 93.7 cm³/mol. The summed E-state index contributed by atoms with van der Waals surface area (Å²) >= 11 is 0. The minimum Gasteiger partial charge on any atom is -0.514 e. The zero-order valence-corrected chi connectivity index (χ0v) is 16.0. The number of halogens is 3. The smallest absolute Gasteiger partial charge is 0.491 e. The van der Waals surface area contributed by atoms with Gasteiger partial charge in [0.25, 0.3) is 0 Å². The summed E-state index contributed by atoms with van der Waals surface area (Å²) in [6.45, 7) is 5.39. The summed E-state index contributed by atoms with van der Waals surface area (Å²) in [4.78, 5) is 36.1. The fraction of sp³-hybridized carbons (Fsp3) is 0.611. The van der Waals surface area contributed by atoms with Gasteiger partial charge >= 0.3 is 18.1 Å². The van der Waals surface area contributed by atoms with Crippen molar-refractivity contribution in [1.82, 2.24) is 10.2 Å². The number of carbonyl (C=O) groups excluding carboxylic acids is 3. The summed E-state index contributed by atoms with van der Waals surface area (Å²) in [6.07, 6.45) is -0.222. The second kappa shape index (κ2) is 10.3. The van der Waals surface area contributed by atoms with E-state index in [1.54, 1.807) is 24.8 Å². The fourth-order valence-electron chi connectivity index (χ4n) is 3.19. The van der Waals surface area contributed by atoms with E-state index in [1.807, 2.05) is 6.08 Å². The first-order valence-electron chi connectivity index (χ1n) is 8.84. The topological polar surface area (TPSA) is 95.9 Å². The fourth-order valence-corrected chi connectivity index (χ4v) is 3.19. The lowest BCUT2D eigenvalue weighted by atomic mass is 10.0. The predicted octanol–water partition coefficient (Wildman–Crippen LogP) is 2.45. The summed E-state index contributed by atoms with van der Waals surface area (Å²) in [5.74, 6) is -4.69. The highest BCUT2D eigenvalue weighted by Gasteiger charge is 2.45. The Morgan fingerprint density at radius 1 is 1.36 bits per heavy atom. The quantitative estimate of drug-likeness (QED) is 0.292. The van der Waals surface area contributed by atoms with E-state index < -0.39 is 30.1 Å². The largest absolute Gasteiger partial charge is 0.514 e. The van der Waals surface area contributed by atoms with Crippen LogP contribution in [0.3, 0.4) is 0 Å². The molecule has 1 aliphatic rings. The van der Waals surface area contributed by atoms with Crippen LogP contribution in [0, 0.1) is 11.8 Å². The number of ether oxygens (including phenoxy) is 1. The van der Waals surface area contributed by atoms with Gasteiger partial charge in [-0.15, -0.1) is 0 Å². The second-order valence-corrected chi connectivity index (χ2v) is 6.57. The summed E-state index contributed by atoms with van der Waals surface area (Å²) in [7, 11) is 0. The van der Waals surface area contributed by atoms with Crippen LogP contribution in [0.2, 0.25) is 0 Å². The van der Waals surface area contributed by atoms with E-state index in [4.69, 9.17) is 0 Å². The van der Waals surface area contributed by atoms with Crippen LogP contribution in [-0.4, -0.2) is 53.2 Å². The van der Waals surface area contributed by atoms with Crippen LogP contribution in [0.1, 0.15) is 33.6 Å². The van der Waals surface area contributed by atoms with Crippen molar-refractivity contribution in [2.45, 2.75) is 45.8 Å². The van der Waals surface area contributed by atoms with Gasteiger partial charge in [0.05, 0.1) is 12.0 Å². The third-order valence-electron chi connectivity index (χ3n) is 4.44. The Balaban J connectivity index is 2.99. The standard InChI is InChI=1S/C18H25F3N2O5/c1-4-6-12-7-15(16(26)28-17(27)18(19,20)21)23(8-12)9-13(5-2)14(10-24)22-11(3)25/h4,6,10,12-13,15,24H,5,7-9H2,1-3H3,(H,22,25)/t12?,13-,15?/m0/s1. The number of carbonyl (C=O) groups is 3. The number of alkyl halides is 3.